The summed E-state index contributed by atoms with van der Waals surface area (Å²) in [5.74, 6) is -0.0149. The Morgan fingerprint density at radius 1 is 1.41 bits per heavy atom. The van der Waals surface area contributed by atoms with E-state index in [9.17, 15) is 4.79 Å². The Morgan fingerprint density at radius 2 is 2.12 bits per heavy atom. The zero-order valence-electron chi connectivity index (χ0n) is 9.85. The Balaban J connectivity index is 2.64. The third-order valence-corrected chi connectivity index (χ3v) is 2.16. The quantitative estimate of drug-likeness (QED) is 0.442. The average Bonchev–Trinajstić information content (AvgIpc) is 2.37. The standard InChI is InChI=1S/C13H17NO3/c1-17-12(13(16)14-8-5-9-15)10-11-6-3-2-4-7-11/h2-4,6-7,10,15H,5,8-9H2,1H3,(H,14,16). The first-order valence-corrected chi connectivity index (χ1v) is 5.47. The third kappa shape index (κ3) is 4.70. The van der Waals surface area contributed by atoms with Gasteiger partial charge in [0.1, 0.15) is 0 Å². The maximum atomic E-state index is 11.7. The van der Waals surface area contributed by atoms with E-state index in [1.54, 1.807) is 6.08 Å². The summed E-state index contributed by atoms with van der Waals surface area (Å²) in [6.07, 6.45) is 2.21. The van der Waals surface area contributed by atoms with Crippen LogP contribution in [0.1, 0.15) is 12.0 Å². The summed E-state index contributed by atoms with van der Waals surface area (Å²) < 4.78 is 5.03. The fourth-order valence-electron chi connectivity index (χ4n) is 1.29. The van der Waals surface area contributed by atoms with Crippen LogP contribution in [0, 0.1) is 0 Å². The predicted octanol–water partition coefficient (Wildman–Crippen LogP) is 1.17. The van der Waals surface area contributed by atoms with Crippen molar-refractivity contribution in [3.05, 3.63) is 41.7 Å². The Hall–Kier alpha value is -1.81. The van der Waals surface area contributed by atoms with Gasteiger partial charge in [0.05, 0.1) is 7.11 Å². The van der Waals surface area contributed by atoms with E-state index in [2.05, 4.69) is 5.32 Å². The van der Waals surface area contributed by atoms with Gasteiger partial charge in [0.2, 0.25) is 0 Å². The van der Waals surface area contributed by atoms with Crippen molar-refractivity contribution in [2.75, 3.05) is 20.3 Å². The second-order valence-electron chi connectivity index (χ2n) is 3.46. The lowest BCUT2D eigenvalue weighted by atomic mass is 10.2. The number of hydrogen-bond acceptors (Lipinski definition) is 3. The van der Waals surface area contributed by atoms with Gasteiger partial charge in [-0.25, -0.2) is 0 Å². The van der Waals surface area contributed by atoms with Crippen molar-refractivity contribution in [2.24, 2.45) is 0 Å². The lowest BCUT2D eigenvalue weighted by Gasteiger charge is -2.07. The van der Waals surface area contributed by atoms with E-state index in [1.165, 1.54) is 7.11 Å². The molecule has 0 saturated heterocycles. The summed E-state index contributed by atoms with van der Waals surface area (Å²) in [6.45, 7) is 0.496. The van der Waals surface area contributed by atoms with Crippen molar-refractivity contribution in [2.45, 2.75) is 6.42 Å². The molecule has 1 aromatic carbocycles. The minimum atomic E-state index is -0.273. The number of ether oxygens (including phenoxy) is 1. The number of aliphatic hydroxyl groups excluding tert-OH is 1. The Labute approximate surface area is 101 Å². The van der Waals surface area contributed by atoms with E-state index in [-0.39, 0.29) is 18.3 Å². The molecule has 0 atom stereocenters. The van der Waals surface area contributed by atoms with Gasteiger partial charge >= 0.3 is 0 Å². The molecule has 0 unspecified atom stereocenters. The van der Waals surface area contributed by atoms with Crippen LogP contribution in [0.5, 0.6) is 0 Å². The number of methoxy groups -OCH3 is 1. The second-order valence-corrected chi connectivity index (χ2v) is 3.46. The molecule has 1 amide bonds. The minimum Gasteiger partial charge on any atom is -0.491 e. The number of hydrogen-bond donors (Lipinski definition) is 2. The van der Waals surface area contributed by atoms with Crippen molar-refractivity contribution < 1.29 is 14.6 Å². The lowest BCUT2D eigenvalue weighted by Crippen LogP contribution is -2.27. The number of amides is 1. The molecule has 1 aromatic rings. The summed E-state index contributed by atoms with van der Waals surface area (Å²) in [4.78, 5) is 11.7. The molecule has 4 nitrogen and oxygen atoms in total. The third-order valence-electron chi connectivity index (χ3n) is 2.16. The van der Waals surface area contributed by atoms with E-state index in [4.69, 9.17) is 9.84 Å². The van der Waals surface area contributed by atoms with Crippen LogP contribution in [-0.2, 0) is 9.53 Å². The van der Waals surface area contributed by atoms with Crippen LogP contribution >= 0.6 is 0 Å². The van der Waals surface area contributed by atoms with E-state index < -0.39 is 0 Å². The highest BCUT2D eigenvalue weighted by atomic mass is 16.5. The van der Waals surface area contributed by atoms with E-state index in [1.807, 2.05) is 30.3 Å². The molecule has 17 heavy (non-hydrogen) atoms. The highest BCUT2D eigenvalue weighted by Gasteiger charge is 2.08. The van der Waals surface area contributed by atoms with Gasteiger partial charge < -0.3 is 15.2 Å². The predicted molar refractivity (Wildman–Crippen MR) is 66.1 cm³/mol. The molecule has 92 valence electrons. The van der Waals surface area contributed by atoms with Crippen LogP contribution in [0.15, 0.2) is 36.1 Å². The molecule has 1 rings (SSSR count). The molecule has 0 bridgehead atoms. The molecule has 0 aliphatic rings. The Morgan fingerprint density at radius 3 is 2.71 bits per heavy atom. The smallest absolute Gasteiger partial charge is 0.286 e. The molecule has 0 aliphatic heterocycles. The molecule has 0 saturated carbocycles. The summed E-state index contributed by atoms with van der Waals surface area (Å²) in [7, 11) is 1.46. The Kier molecular flexibility index (Phi) is 5.82. The number of carbonyl (C=O) groups is 1. The number of benzene rings is 1. The fourth-order valence-corrected chi connectivity index (χ4v) is 1.29. The molecule has 0 spiro atoms. The molecule has 4 heteroatoms. The maximum absolute atomic E-state index is 11.7. The second kappa shape index (κ2) is 7.46. The number of carbonyl (C=O) groups excluding carboxylic acids is 1. The summed E-state index contributed by atoms with van der Waals surface area (Å²) in [5.41, 5.74) is 0.904. The topological polar surface area (TPSA) is 58.6 Å². The normalized spacial score (nSPS) is 11.1. The van der Waals surface area contributed by atoms with Gasteiger partial charge in [0, 0.05) is 13.2 Å². The molecule has 0 aromatic heterocycles. The van der Waals surface area contributed by atoms with E-state index in [0.717, 1.165) is 5.56 Å². The monoisotopic (exact) mass is 235 g/mol. The molecule has 0 radical (unpaired) electrons. The van der Waals surface area contributed by atoms with Crippen LogP contribution in [0.3, 0.4) is 0 Å². The van der Waals surface area contributed by atoms with E-state index >= 15 is 0 Å². The van der Waals surface area contributed by atoms with Crippen LogP contribution in [0.2, 0.25) is 0 Å². The van der Waals surface area contributed by atoms with Gasteiger partial charge in [-0.2, -0.15) is 0 Å². The summed E-state index contributed by atoms with van der Waals surface area (Å²) in [5, 5.41) is 11.3. The van der Waals surface area contributed by atoms with Gasteiger partial charge in [-0.15, -0.1) is 0 Å². The first kappa shape index (κ1) is 13.3. The summed E-state index contributed by atoms with van der Waals surface area (Å²) in [6, 6.07) is 9.47. The van der Waals surface area contributed by atoms with Gasteiger partial charge in [0.25, 0.3) is 5.91 Å². The SMILES string of the molecule is COC(=Cc1ccccc1)C(=O)NCCCO. The highest BCUT2D eigenvalue weighted by molar-refractivity contribution is 5.95. The van der Waals surface area contributed by atoms with Crippen LogP contribution in [-0.4, -0.2) is 31.3 Å². The zero-order chi connectivity index (χ0) is 12.5. The van der Waals surface area contributed by atoms with Crippen molar-refractivity contribution in [1.29, 1.82) is 0 Å². The highest BCUT2D eigenvalue weighted by Crippen LogP contribution is 2.07. The number of aliphatic hydroxyl groups is 1. The van der Waals surface area contributed by atoms with Crippen molar-refractivity contribution in [3.8, 4) is 0 Å². The molecule has 0 aliphatic carbocycles. The molecule has 0 heterocycles. The molecule has 2 N–H and O–H groups in total. The van der Waals surface area contributed by atoms with Crippen molar-refractivity contribution >= 4 is 12.0 Å². The largest absolute Gasteiger partial charge is 0.491 e. The molecular formula is C13H17NO3. The van der Waals surface area contributed by atoms with Crippen LogP contribution in [0.25, 0.3) is 6.08 Å². The van der Waals surface area contributed by atoms with Gasteiger partial charge in [-0.1, -0.05) is 30.3 Å². The van der Waals surface area contributed by atoms with Gasteiger partial charge in [-0.05, 0) is 18.1 Å². The lowest BCUT2D eigenvalue weighted by molar-refractivity contribution is -0.120. The first-order chi connectivity index (χ1) is 8.27. The Bertz CT molecular complexity index is 374. The zero-order valence-corrected chi connectivity index (χ0v) is 9.85. The first-order valence-electron chi connectivity index (χ1n) is 5.47. The van der Waals surface area contributed by atoms with Crippen molar-refractivity contribution in [3.63, 3.8) is 0 Å². The summed E-state index contributed by atoms with van der Waals surface area (Å²) >= 11 is 0. The maximum Gasteiger partial charge on any atom is 0.286 e. The number of rotatable bonds is 6. The van der Waals surface area contributed by atoms with Crippen LogP contribution < -0.4 is 5.32 Å². The molecule has 0 fully saturated rings. The van der Waals surface area contributed by atoms with Crippen LogP contribution in [0.4, 0.5) is 0 Å². The van der Waals surface area contributed by atoms with Gasteiger partial charge in [-0.3, -0.25) is 4.79 Å². The number of nitrogens with one attached hydrogen (secondary N) is 1. The average molecular weight is 235 g/mol. The molecular weight excluding hydrogens is 218 g/mol. The van der Waals surface area contributed by atoms with Crippen molar-refractivity contribution in [1.82, 2.24) is 5.32 Å². The van der Waals surface area contributed by atoms with Gasteiger partial charge in [0.15, 0.2) is 5.76 Å². The fraction of sp³-hybridized carbons (Fsp3) is 0.308. The minimum absolute atomic E-state index is 0.0605. The van der Waals surface area contributed by atoms with E-state index in [0.29, 0.717) is 13.0 Å².